The Bertz CT molecular complexity index is 551. The normalized spacial score (nSPS) is 11.2. The smallest absolute Gasteiger partial charge is 0.269 e. The first-order chi connectivity index (χ1) is 6.88. The van der Waals surface area contributed by atoms with Crippen LogP contribution in [0, 0.1) is 0 Å². The molecule has 0 aliphatic heterocycles. The Morgan fingerprint density at radius 3 is 1.64 bits per heavy atom. The van der Waals surface area contributed by atoms with Gasteiger partial charge in [-0.1, -0.05) is 24.3 Å². The van der Waals surface area contributed by atoms with E-state index in [-0.39, 0.29) is 0 Å². The van der Waals surface area contributed by atoms with E-state index in [1.54, 1.807) is 0 Å². The maximum Gasteiger partial charge on any atom is 0.269 e. The zero-order chi connectivity index (χ0) is 9.54. The van der Waals surface area contributed by atoms with Crippen molar-refractivity contribution in [1.29, 1.82) is 0 Å². The molecule has 0 radical (unpaired) electrons. The third-order valence-corrected chi connectivity index (χ3v) is 2.72. The van der Waals surface area contributed by atoms with Crippen LogP contribution in [0.1, 0.15) is 0 Å². The van der Waals surface area contributed by atoms with Crippen molar-refractivity contribution in [3.63, 3.8) is 0 Å². The van der Waals surface area contributed by atoms with Crippen molar-refractivity contribution in [2.75, 3.05) is 0 Å². The van der Waals surface area contributed by atoms with Gasteiger partial charge in [-0.3, -0.25) is 0 Å². The molecule has 0 fully saturated rings. The summed E-state index contributed by atoms with van der Waals surface area (Å²) in [6, 6.07) is 16.8. The lowest BCUT2D eigenvalue weighted by Gasteiger charge is -1.94. The molecule has 0 aliphatic rings. The molecule has 3 rings (SSSR count). The van der Waals surface area contributed by atoms with E-state index in [1.807, 2.05) is 7.11 Å². The van der Waals surface area contributed by atoms with E-state index in [1.165, 1.54) is 21.9 Å². The topological polar surface area (TPSA) is 2.70 Å². The minimum absolute atomic E-state index is 1.22. The van der Waals surface area contributed by atoms with Crippen molar-refractivity contribution in [1.82, 2.24) is 0 Å². The molecule has 0 atom stereocenters. The number of hydrogen-bond acceptors (Lipinski definition) is 0. The number of furan rings is 1. The minimum atomic E-state index is 1.22. The van der Waals surface area contributed by atoms with Crippen LogP contribution in [0.5, 0.6) is 0 Å². The Morgan fingerprint density at radius 1 is 0.714 bits per heavy atom. The average Bonchev–Trinajstić information content (AvgIpc) is 2.55. The number of para-hydroxylation sites is 2. The molecule has 1 heterocycles. The Labute approximate surface area is 82.3 Å². The lowest BCUT2D eigenvalue weighted by atomic mass is 10.2. The maximum absolute atomic E-state index is 3.08. The first kappa shape index (κ1) is 7.63. The Balaban J connectivity index is 2.69. The molecule has 3 aromatic rings. The summed E-state index contributed by atoms with van der Waals surface area (Å²) >= 11 is 0. The molecule has 0 bridgehead atoms. The summed E-state index contributed by atoms with van der Waals surface area (Å²) in [6.45, 7) is 0. The van der Waals surface area contributed by atoms with Crippen LogP contribution in [-0.2, 0) is 7.11 Å². The third kappa shape index (κ3) is 0.841. The summed E-state index contributed by atoms with van der Waals surface area (Å²) in [5.74, 6) is 0. The molecule has 1 aromatic heterocycles. The van der Waals surface area contributed by atoms with E-state index in [0.717, 1.165) is 0 Å². The van der Waals surface area contributed by atoms with Crippen LogP contribution in [-0.4, -0.2) is 0 Å². The van der Waals surface area contributed by atoms with Crippen LogP contribution in [0.15, 0.2) is 52.6 Å². The molecule has 1 heteroatoms. The predicted octanol–water partition coefficient (Wildman–Crippen LogP) is 3.81. The molecule has 14 heavy (non-hydrogen) atoms. The van der Waals surface area contributed by atoms with E-state index in [0.29, 0.717) is 0 Å². The van der Waals surface area contributed by atoms with Crippen LogP contribution < -0.4 is 0 Å². The van der Waals surface area contributed by atoms with E-state index in [9.17, 15) is 0 Å². The zero-order valence-corrected chi connectivity index (χ0v) is 8.03. The Hall–Kier alpha value is -1.76. The third-order valence-electron chi connectivity index (χ3n) is 2.72. The van der Waals surface area contributed by atoms with E-state index in [4.69, 9.17) is 0 Å². The molecule has 1 nitrogen and oxygen atoms in total. The molecular formula is C13H11O+. The monoisotopic (exact) mass is 183 g/mol. The second-order valence-corrected chi connectivity index (χ2v) is 3.50. The van der Waals surface area contributed by atoms with Gasteiger partial charge in [-0.15, -0.1) is 0 Å². The summed E-state index contributed by atoms with van der Waals surface area (Å²) in [5.41, 5.74) is 2.43. The van der Waals surface area contributed by atoms with Gasteiger partial charge in [0.15, 0.2) is 7.11 Å². The minimum Gasteiger partial charge on any atom is -0.537 e. The van der Waals surface area contributed by atoms with Crippen LogP contribution >= 0.6 is 0 Å². The summed E-state index contributed by atoms with van der Waals surface area (Å²) < 4.78 is 3.08. The first-order valence-electron chi connectivity index (χ1n) is 4.72. The number of benzene rings is 2. The van der Waals surface area contributed by atoms with Gasteiger partial charge in [0, 0.05) is 12.1 Å². The molecule has 0 saturated heterocycles. The maximum atomic E-state index is 3.08. The van der Waals surface area contributed by atoms with Crippen LogP contribution in [0.3, 0.4) is 0 Å². The lowest BCUT2D eigenvalue weighted by Crippen LogP contribution is -1.67. The molecule has 0 N–H and O–H groups in total. The largest absolute Gasteiger partial charge is 0.537 e. The molecule has 0 spiro atoms. The van der Waals surface area contributed by atoms with E-state index in [2.05, 4.69) is 52.6 Å². The van der Waals surface area contributed by atoms with Gasteiger partial charge in [-0.05, 0) is 12.1 Å². The molecule has 2 aromatic carbocycles. The van der Waals surface area contributed by atoms with Crippen LogP contribution in [0.25, 0.3) is 21.9 Å². The number of rotatable bonds is 0. The Kier molecular flexibility index (Phi) is 1.42. The van der Waals surface area contributed by atoms with Gasteiger partial charge in [-0.2, -0.15) is 0 Å². The molecular weight excluding hydrogens is 172 g/mol. The quantitative estimate of drug-likeness (QED) is 0.466. The van der Waals surface area contributed by atoms with E-state index < -0.39 is 0 Å². The van der Waals surface area contributed by atoms with Crippen molar-refractivity contribution >= 4 is 21.9 Å². The highest BCUT2D eigenvalue weighted by Gasteiger charge is 2.13. The fourth-order valence-electron chi connectivity index (χ4n) is 2.03. The molecule has 68 valence electrons. The zero-order valence-electron chi connectivity index (χ0n) is 8.03. The lowest BCUT2D eigenvalue weighted by molar-refractivity contribution is 0.257. The standard InChI is InChI=1S/C13H11O/c1-14-12-8-4-2-6-10(12)11-7-3-5-9-13(11)14/h2-9H,1H3/q+1. The summed E-state index contributed by atoms with van der Waals surface area (Å²) in [7, 11) is 2.03. The van der Waals surface area contributed by atoms with Crippen LogP contribution in [0.4, 0.5) is 0 Å². The highest BCUT2D eigenvalue weighted by molar-refractivity contribution is 6.05. The van der Waals surface area contributed by atoms with Gasteiger partial charge in [0.05, 0.1) is 10.8 Å². The van der Waals surface area contributed by atoms with Gasteiger partial charge in [0.25, 0.3) is 11.2 Å². The van der Waals surface area contributed by atoms with Crippen molar-refractivity contribution in [2.24, 2.45) is 7.11 Å². The number of fused-ring (bicyclic) bond motifs is 3. The average molecular weight is 183 g/mol. The highest BCUT2D eigenvalue weighted by atomic mass is 16.5. The van der Waals surface area contributed by atoms with E-state index >= 15 is 0 Å². The number of aryl methyl sites for hydroxylation is 1. The SMILES string of the molecule is C[o+]1c2ccccc2c2ccccc21. The molecule has 0 unspecified atom stereocenters. The molecule has 0 amide bonds. The molecule has 0 aliphatic carbocycles. The first-order valence-corrected chi connectivity index (χ1v) is 4.72. The highest BCUT2D eigenvalue weighted by Crippen LogP contribution is 2.32. The van der Waals surface area contributed by atoms with Gasteiger partial charge in [0.2, 0.25) is 0 Å². The predicted molar refractivity (Wildman–Crippen MR) is 59.3 cm³/mol. The fourth-order valence-corrected chi connectivity index (χ4v) is 2.03. The van der Waals surface area contributed by atoms with Crippen molar-refractivity contribution in [3.05, 3.63) is 48.5 Å². The van der Waals surface area contributed by atoms with Crippen molar-refractivity contribution < 1.29 is 4.05 Å². The summed E-state index contributed by atoms with van der Waals surface area (Å²) in [5, 5.41) is 2.60. The van der Waals surface area contributed by atoms with Gasteiger partial charge in [0.1, 0.15) is 0 Å². The molecule has 0 saturated carbocycles. The fraction of sp³-hybridized carbons (Fsp3) is 0.0769. The van der Waals surface area contributed by atoms with Gasteiger partial charge >= 0.3 is 0 Å². The number of hydrogen-bond donors (Lipinski definition) is 0. The Morgan fingerprint density at radius 2 is 1.14 bits per heavy atom. The van der Waals surface area contributed by atoms with Crippen LogP contribution in [0.2, 0.25) is 0 Å². The second kappa shape index (κ2) is 2.61. The van der Waals surface area contributed by atoms with Gasteiger partial charge in [-0.25, -0.2) is 0 Å². The summed E-state index contributed by atoms with van der Waals surface area (Å²) in [4.78, 5) is 0. The van der Waals surface area contributed by atoms with Crippen molar-refractivity contribution in [2.45, 2.75) is 0 Å². The summed E-state index contributed by atoms with van der Waals surface area (Å²) in [6.07, 6.45) is 0. The van der Waals surface area contributed by atoms with Gasteiger partial charge < -0.3 is 4.05 Å². The second-order valence-electron chi connectivity index (χ2n) is 3.50. The van der Waals surface area contributed by atoms with Crippen molar-refractivity contribution in [3.8, 4) is 0 Å².